The Morgan fingerprint density at radius 3 is 2.21 bits per heavy atom. The standard InChI is InChI=1S/C12H19NO/c1-7-6-11(14-5)8(2)9(3)12(7)10(4)13/h6,10H,13H2,1-5H3/t10-/m1/s1. The molecule has 0 saturated heterocycles. The predicted octanol–water partition coefficient (Wildman–Crippen LogP) is 2.64. The van der Waals surface area contributed by atoms with Crippen molar-refractivity contribution in [1.29, 1.82) is 0 Å². The van der Waals surface area contributed by atoms with Crippen LogP contribution in [0.1, 0.15) is 35.2 Å². The minimum atomic E-state index is 0.0830. The van der Waals surface area contributed by atoms with Crippen LogP contribution in [0.2, 0.25) is 0 Å². The van der Waals surface area contributed by atoms with Crippen molar-refractivity contribution >= 4 is 0 Å². The average molecular weight is 193 g/mol. The molecule has 0 fully saturated rings. The van der Waals surface area contributed by atoms with Gasteiger partial charge in [0.2, 0.25) is 0 Å². The molecule has 0 aliphatic carbocycles. The Morgan fingerprint density at radius 2 is 1.79 bits per heavy atom. The second-order valence-electron chi connectivity index (χ2n) is 3.85. The molecule has 0 spiro atoms. The fourth-order valence-corrected chi connectivity index (χ4v) is 1.98. The van der Waals surface area contributed by atoms with E-state index >= 15 is 0 Å². The molecule has 1 aromatic carbocycles. The van der Waals surface area contributed by atoms with Crippen LogP contribution < -0.4 is 10.5 Å². The average Bonchev–Trinajstić information content (AvgIpc) is 2.10. The number of methoxy groups -OCH3 is 1. The zero-order valence-corrected chi connectivity index (χ0v) is 9.64. The fraction of sp³-hybridized carbons (Fsp3) is 0.500. The summed E-state index contributed by atoms with van der Waals surface area (Å²) in [5.41, 5.74) is 10.8. The largest absolute Gasteiger partial charge is 0.496 e. The van der Waals surface area contributed by atoms with Crippen LogP contribution in [0.5, 0.6) is 5.75 Å². The van der Waals surface area contributed by atoms with E-state index in [1.54, 1.807) is 7.11 Å². The smallest absolute Gasteiger partial charge is 0.122 e. The molecule has 2 nitrogen and oxygen atoms in total. The quantitative estimate of drug-likeness (QED) is 0.783. The summed E-state index contributed by atoms with van der Waals surface area (Å²) >= 11 is 0. The number of hydrogen-bond acceptors (Lipinski definition) is 2. The molecule has 78 valence electrons. The maximum atomic E-state index is 5.93. The van der Waals surface area contributed by atoms with Gasteiger partial charge in [-0.25, -0.2) is 0 Å². The van der Waals surface area contributed by atoms with Crippen LogP contribution in [0.25, 0.3) is 0 Å². The third-order valence-electron chi connectivity index (χ3n) is 2.78. The number of rotatable bonds is 2. The van der Waals surface area contributed by atoms with Gasteiger partial charge in [-0.1, -0.05) is 0 Å². The first-order chi connectivity index (χ1) is 6.49. The van der Waals surface area contributed by atoms with Crippen molar-refractivity contribution in [1.82, 2.24) is 0 Å². The zero-order chi connectivity index (χ0) is 10.9. The van der Waals surface area contributed by atoms with E-state index in [4.69, 9.17) is 10.5 Å². The van der Waals surface area contributed by atoms with Crippen molar-refractivity contribution in [2.75, 3.05) is 7.11 Å². The third kappa shape index (κ3) is 1.75. The summed E-state index contributed by atoms with van der Waals surface area (Å²) < 4.78 is 5.30. The molecule has 1 aromatic rings. The molecular weight excluding hydrogens is 174 g/mol. The maximum absolute atomic E-state index is 5.93. The van der Waals surface area contributed by atoms with Crippen molar-refractivity contribution < 1.29 is 4.74 Å². The second kappa shape index (κ2) is 4.01. The molecule has 1 rings (SSSR count). The number of benzene rings is 1. The van der Waals surface area contributed by atoms with Crippen molar-refractivity contribution in [3.05, 3.63) is 28.3 Å². The lowest BCUT2D eigenvalue weighted by Gasteiger charge is -2.18. The van der Waals surface area contributed by atoms with Gasteiger partial charge in [0.1, 0.15) is 5.75 Å². The summed E-state index contributed by atoms with van der Waals surface area (Å²) in [6.45, 7) is 8.26. The normalized spacial score (nSPS) is 12.7. The summed E-state index contributed by atoms with van der Waals surface area (Å²) in [6, 6.07) is 2.14. The molecule has 0 aliphatic rings. The van der Waals surface area contributed by atoms with Gasteiger partial charge in [0.05, 0.1) is 7.11 Å². The minimum absolute atomic E-state index is 0.0830. The highest BCUT2D eigenvalue weighted by molar-refractivity contribution is 5.49. The Labute approximate surface area is 86.1 Å². The van der Waals surface area contributed by atoms with Crippen LogP contribution in [0.3, 0.4) is 0 Å². The fourth-order valence-electron chi connectivity index (χ4n) is 1.98. The van der Waals surface area contributed by atoms with Crippen molar-refractivity contribution in [3.8, 4) is 5.75 Å². The molecule has 0 amide bonds. The molecule has 1 atom stereocenters. The van der Waals surface area contributed by atoms with Crippen LogP contribution in [0, 0.1) is 20.8 Å². The maximum Gasteiger partial charge on any atom is 0.122 e. The van der Waals surface area contributed by atoms with E-state index in [0.29, 0.717) is 0 Å². The van der Waals surface area contributed by atoms with Gasteiger partial charge in [-0.3, -0.25) is 0 Å². The van der Waals surface area contributed by atoms with E-state index < -0.39 is 0 Å². The van der Waals surface area contributed by atoms with Crippen molar-refractivity contribution in [2.45, 2.75) is 33.7 Å². The topological polar surface area (TPSA) is 35.2 Å². The monoisotopic (exact) mass is 193 g/mol. The first kappa shape index (κ1) is 11.1. The molecule has 0 heterocycles. The Morgan fingerprint density at radius 1 is 1.21 bits per heavy atom. The number of nitrogens with two attached hydrogens (primary N) is 1. The van der Waals surface area contributed by atoms with Crippen molar-refractivity contribution in [3.63, 3.8) is 0 Å². The van der Waals surface area contributed by atoms with Gasteiger partial charge in [0.15, 0.2) is 0 Å². The summed E-state index contributed by atoms with van der Waals surface area (Å²) in [7, 11) is 1.70. The van der Waals surface area contributed by atoms with Crippen LogP contribution in [0.15, 0.2) is 6.07 Å². The Kier molecular flexibility index (Phi) is 3.17. The summed E-state index contributed by atoms with van der Waals surface area (Å²) in [5.74, 6) is 0.949. The van der Waals surface area contributed by atoms with Crippen molar-refractivity contribution in [2.24, 2.45) is 5.73 Å². The van der Waals surface area contributed by atoms with E-state index in [-0.39, 0.29) is 6.04 Å². The molecule has 0 aromatic heterocycles. The Hall–Kier alpha value is -1.02. The molecule has 0 unspecified atom stereocenters. The molecule has 0 saturated carbocycles. The van der Waals surface area contributed by atoms with Gasteiger partial charge in [0.25, 0.3) is 0 Å². The lowest BCUT2D eigenvalue weighted by atomic mass is 9.93. The SMILES string of the molecule is COc1cc(C)c([C@@H](C)N)c(C)c1C. The number of aryl methyl sites for hydroxylation is 1. The van der Waals surface area contributed by atoms with Crippen LogP contribution in [0.4, 0.5) is 0 Å². The van der Waals surface area contributed by atoms with Gasteiger partial charge in [-0.15, -0.1) is 0 Å². The summed E-state index contributed by atoms with van der Waals surface area (Å²) in [5, 5.41) is 0. The van der Waals surface area contributed by atoms with E-state index in [1.165, 1.54) is 22.3 Å². The van der Waals surface area contributed by atoms with E-state index in [1.807, 2.05) is 6.92 Å². The highest BCUT2D eigenvalue weighted by Gasteiger charge is 2.12. The Bertz CT molecular complexity index is 343. The zero-order valence-electron chi connectivity index (χ0n) is 9.64. The predicted molar refractivity (Wildman–Crippen MR) is 59.8 cm³/mol. The first-order valence-electron chi connectivity index (χ1n) is 4.89. The lowest BCUT2D eigenvalue weighted by molar-refractivity contribution is 0.410. The van der Waals surface area contributed by atoms with E-state index in [0.717, 1.165) is 5.75 Å². The molecule has 0 bridgehead atoms. The molecule has 2 N–H and O–H groups in total. The van der Waals surface area contributed by atoms with Gasteiger partial charge >= 0.3 is 0 Å². The Balaban J connectivity index is 3.41. The highest BCUT2D eigenvalue weighted by atomic mass is 16.5. The van der Waals surface area contributed by atoms with Crippen LogP contribution in [-0.2, 0) is 0 Å². The van der Waals surface area contributed by atoms with Gasteiger partial charge < -0.3 is 10.5 Å². The number of hydrogen-bond donors (Lipinski definition) is 1. The molecule has 0 aliphatic heterocycles. The molecule has 2 heteroatoms. The van der Waals surface area contributed by atoms with Gasteiger partial charge in [-0.05, 0) is 56.0 Å². The van der Waals surface area contributed by atoms with Crippen LogP contribution >= 0.6 is 0 Å². The van der Waals surface area contributed by atoms with Crippen LogP contribution in [-0.4, -0.2) is 7.11 Å². The third-order valence-corrected chi connectivity index (χ3v) is 2.78. The highest BCUT2D eigenvalue weighted by Crippen LogP contribution is 2.30. The van der Waals surface area contributed by atoms with Gasteiger partial charge in [0, 0.05) is 6.04 Å². The number of ether oxygens (including phenoxy) is 1. The van der Waals surface area contributed by atoms with E-state index in [9.17, 15) is 0 Å². The molecular formula is C12H19NO. The minimum Gasteiger partial charge on any atom is -0.496 e. The lowest BCUT2D eigenvalue weighted by Crippen LogP contribution is -2.10. The molecule has 0 radical (unpaired) electrons. The summed E-state index contributed by atoms with van der Waals surface area (Å²) in [6.07, 6.45) is 0. The first-order valence-corrected chi connectivity index (χ1v) is 4.89. The van der Waals surface area contributed by atoms with Gasteiger partial charge in [-0.2, -0.15) is 0 Å². The molecule has 14 heavy (non-hydrogen) atoms. The summed E-state index contributed by atoms with van der Waals surface area (Å²) in [4.78, 5) is 0. The second-order valence-corrected chi connectivity index (χ2v) is 3.85. The van der Waals surface area contributed by atoms with E-state index in [2.05, 4.69) is 26.8 Å².